The third kappa shape index (κ3) is 5.80. The Hall–Kier alpha value is -3.91. The second kappa shape index (κ2) is 9.27. The first-order chi connectivity index (χ1) is 14.8. The molecular formula is C26H25N3O2. The van der Waals surface area contributed by atoms with Crippen LogP contribution in [0.4, 0.5) is 5.69 Å². The Bertz CT molecular complexity index is 1120. The zero-order valence-electron chi connectivity index (χ0n) is 17.9. The highest BCUT2D eigenvalue weighted by atomic mass is 16.2. The van der Waals surface area contributed by atoms with Crippen molar-refractivity contribution in [1.29, 1.82) is 5.26 Å². The number of amides is 2. The van der Waals surface area contributed by atoms with E-state index in [0.717, 1.165) is 5.56 Å². The summed E-state index contributed by atoms with van der Waals surface area (Å²) in [6.45, 7) is 6.77. The molecule has 3 aromatic rings. The topological polar surface area (TPSA) is 82.0 Å². The van der Waals surface area contributed by atoms with Gasteiger partial charge >= 0.3 is 0 Å². The number of anilines is 1. The van der Waals surface area contributed by atoms with Crippen LogP contribution in [0.15, 0.2) is 72.8 Å². The Balaban J connectivity index is 1.57. The number of rotatable bonds is 5. The van der Waals surface area contributed by atoms with Gasteiger partial charge in [0, 0.05) is 23.4 Å². The van der Waals surface area contributed by atoms with E-state index >= 15 is 0 Å². The summed E-state index contributed by atoms with van der Waals surface area (Å²) in [6.07, 6.45) is 0. The number of carbonyl (C=O) groups is 2. The first kappa shape index (κ1) is 21.8. The summed E-state index contributed by atoms with van der Waals surface area (Å²) in [5, 5.41) is 14.6. The fourth-order valence-corrected chi connectivity index (χ4v) is 3.05. The monoisotopic (exact) mass is 411 g/mol. The molecule has 0 radical (unpaired) electrons. The Morgan fingerprint density at radius 2 is 1.48 bits per heavy atom. The smallest absolute Gasteiger partial charge is 0.255 e. The first-order valence-corrected chi connectivity index (χ1v) is 10.1. The molecule has 0 heterocycles. The molecule has 0 saturated heterocycles. The molecule has 0 aliphatic carbocycles. The summed E-state index contributed by atoms with van der Waals surface area (Å²) >= 11 is 0. The van der Waals surface area contributed by atoms with Crippen LogP contribution in [0.25, 0.3) is 0 Å². The molecular weight excluding hydrogens is 386 g/mol. The zero-order valence-corrected chi connectivity index (χ0v) is 17.9. The number of nitrogens with one attached hydrogen (secondary N) is 2. The van der Waals surface area contributed by atoms with Crippen molar-refractivity contribution in [3.63, 3.8) is 0 Å². The van der Waals surface area contributed by atoms with Gasteiger partial charge < -0.3 is 10.6 Å². The first-order valence-electron chi connectivity index (χ1n) is 10.1. The largest absolute Gasteiger partial charge is 0.348 e. The predicted molar refractivity (Wildman–Crippen MR) is 122 cm³/mol. The SMILES string of the molecule is CC(C)(C)c1ccc(C(=O)NCc2ccc(C(=O)Nc3cccc(C#N)c3)cc2)cc1. The molecule has 0 atom stereocenters. The third-order valence-electron chi connectivity index (χ3n) is 4.93. The van der Waals surface area contributed by atoms with Crippen LogP contribution in [-0.2, 0) is 12.0 Å². The molecule has 3 aromatic carbocycles. The fourth-order valence-electron chi connectivity index (χ4n) is 3.05. The lowest BCUT2D eigenvalue weighted by Crippen LogP contribution is -2.23. The van der Waals surface area contributed by atoms with E-state index in [-0.39, 0.29) is 17.2 Å². The quantitative estimate of drug-likeness (QED) is 0.617. The Kier molecular flexibility index (Phi) is 6.52. The number of benzene rings is 3. The van der Waals surface area contributed by atoms with Crippen molar-refractivity contribution in [2.75, 3.05) is 5.32 Å². The van der Waals surface area contributed by atoms with E-state index in [0.29, 0.717) is 28.9 Å². The number of hydrogen-bond donors (Lipinski definition) is 2. The van der Waals surface area contributed by atoms with Crippen LogP contribution < -0.4 is 10.6 Å². The van der Waals surface area contributed by atoms with Gasteiger partial charge in [0.25, 0.3) is 11.8 Å². The number of carbonyl (C=O) groups excluding carboxylic acids is 2. The van der Waals surface area contributed by atoms with Crippen LogP contribution in [0.2, 0.25) is 0 Å². The van der Waals surface area contributed by atoms with Gasteiger partial charge in [-0.05, 0) is 59.0 Å². The van der Waals surface area contributed by atoms with Gasteiger partial charge in [0.15, 0.2) is 0 Å². The second-order valence-corrected chi connectivity index (χ2v) is 8.35. The molecule has 5 nitrogen and oxygen atoms in total. The van der Waals surface area contributed by atoms with E-state index < -0.39 is 0 Å². The maximum Gasteiger partial charge on any atom is 0.255 e. The molecule has 0 aliphatic rings. The van der Waals surface area contributed by atoms with Gasteiger partial charge in [0.2, 0.25) is 0 Å². The maximum atomic E-state index is 12.4. The summed E-state index contributed by atoms with van der Waals surface area (Å²) in [4.78, 5) is 24.8. The van der Waals surface area contributed by atoms with Gasteiger partial charge in [-0.3, -0.25) is 9.59 Å². The lowest BCUT2D eigenvalue weighted by atomic mass is 9.87. The average molecular weight is 412 g/mol. The van der Waals surface area contributed by atoms with Gasteiger partial charge in [0.1, 0.15) is 0 Å². The van der Waals surface area contributed by atoms with E-state index in [9.17, 15) is 9.59 Å². The van der Waals surface area contributed by atoms with Gasteiger partial charge in [-0.1, -0.05) is 51.1 Å². The molecule has 0 saturated carbocycles. The van der Waals surface area contributed by atoms with Crippen LogP contribution in [0.5, 0.6) is 0 Å². The number of hydrogen-bond acceptors (Lipinski definition) is 3. The summed E-state index contributed by atoms with van der Waals surface area (Å²) in [5.74, 6) is -0.399. The van der Waals surface area contributed by atoms with E-state index in [1.54, 1.807) is 36.4 Å². The van der Waals surface area contributed by atoms with Crippen molar-refractivity contribution in [3.05, 3.63) is 101 Å². The molecule has 0 spiro atoms. The fraction of sp³-hybridized carbons (Fsp3) is 0.192. The molecule has 0 aliphatic heterocycles. The van der Waals surface area contributed by atoms with E-state index in [1.807, 2.05) is 42.5 Å². The van der Waals surface area contributed by atoms with Crippen molar-refractivity contribution < 1.29 is 9.59 Å². The minimum atomic E-state index is -0.260. The van der Waals surface area contributed by atoms with Crippen molar-refractivity contribution >= 4 is 17.5 Å². The standard InChI is InChI=1S/C26H25N3O2/c1-26(2,3)22-13-11-20(12-14-22)24(30)28-17-18-7-9-21(10-8-18)25(31)29-23-6-4-5-19(15-23)16-27/h4-15H,17H2,1-3H3,(H,28,30)(H,29,31). The lowest BCUT2D eigenvalue weighted by Gasteiger charge is -2.19. The van der Waals surface area contributed by atoms with Crippen LogP contribution in [0.1, 0.15) is 58.2 Å². The molecule has 156 valence electrons. The van der Waals surface area contributed by atoms with Crippen LogP contribution in [-0.4, -0.2) is 11.8 Å². The highest BCUT2D eigenvalue weighted by Crippen LogP contribution is 2.22. The van der Waals surface area contributed by atoms with Crippen LogP contribution in [0.3, 0.4) is 0 Å². The van der Waals surface area contributed by atoms with Crippen molar-refractivity contribution in [3.8, 4) is 6.07 Å². The van der Waals surface area contributed by atoms with Gasteiger partial charge in [-0.15, -0.1) is 0 Å². The zero-order chi connectivity index (χ0) is 22.4. The van der Waals surface area contributed by atoms with E-state index in [2.05, 4.69) is 31.4 Å². The van der Waals surface area contributed by atoms with Gasteiger partial charge in [0.05, 0.1) is 11.6 Å². The molecule has 3 rings (SSSR count). The van der Waals surface area contributed by atoms with Crippen molar-refractivity contribution in [2.45, 2.75) is 32.7 Å². The highest BCUT2D eigenvalue weighted by molar-refractivity contribution is 6.04. The Labute approximate surface area is 182 Å². The number of nitriles is 1. The van der Waals surface area contributed by atoms with Crippen LogP contribution >= 0.6 is 0 Å². The number of nitrogens with zero attached hydrogens (tertiary/aromatic N) is 1. The molecule has 0 bridgehead atoms. The molecule has 2 amide bonds. The van der Waals surface area contributed by atoms with Crippen LogP contribution in [0, 0.1) is 11.3 Å². The normalized spacial score (nSPS) is 10.8. The predicted octanol–water partition coefficient (Wildman–Crippen LogP) is 5.04. The Morgan fingerprint density at radius 1 is 0.871 bits per heavy atom. The lowest BCUT2D eigenvalue weighted by molar-refractivity contribution is 0.0949. The van der Waals surface area contributed by atoms with Gasteiger partial charge in [-0.25, -0.2) is 0 Å². The van der Waals surface area contributed by atoms with E-state index in [1.165, 1.54) is 5.56 Å². The summed E-state index contributed by atoms with van der Waals surface area (Å²) in [6, 6.07) is 23.5. The second-order valence-electron chi connectivity index (χ2n) is 8.35. The molecule has 0 fully saturated rings. The summed E-state index contributed by atoms with van der Waals surface area (Å²) < 4.78 is 0. The summed E-state index contributed by atoms with van der Waals surface area (Å²) in [7, 11) is 0. The molecule has 31 heavy (non-hydrogen) atoms. The minimum Gasteiger partial charge on any atom is -0.348 e. The Morgan fingerprint density at radius 3 is 2.10 bits per heavy atom. The minimum absolute atomic E-state index is 0.0432. The van der Waals surface area contributed by atoms with Gasteiger partial charge in [-0.2, -0.15) is 5.26 Å². The average Bonchev–Trinajstić information content (AvgIpc) is 2.77. The maximum absolute atomic E-state index is 12.4. The highest BCUT2D eigenvalue weighted by Gasteiger charge is 2.14. The van der Waals surface area contributed by atoms with Crippen molar-refractivity contribution in [1.82, 2.24) is 5.32 Å². The van der Waals surface area contributed by atoms with E-state index in [4.69, 9.17) is 5.26 Å². The third-order valence-corrected chi connectivity index (χ3v) is 4.93. The molecule has 0 aromatic heterocycles. The molecule has 2 N–H and O–H groups in total. The molecule has 5 heteroatoms. The molecule has 0 unspecified atom stereocenters. The van der Waals surface area contributed by atoms with Crippen molar-refractivity contribution in [2.24, 2.45) is 0 Å². The summed E-state index contributed by atoms with van der Waals surface area (Å²) in [5.41, 5.74) is 4.27.